The molecule has 1 N–H and O–H groups in total. The molecule has 1 saturated carbocycles. The quantitative estimate of drug-likeness (QED) is 0.523. The van der Waals surface area contributed by atoms with Gasteiger partial charge in [0, 0.05) is 37.0 Å². The normalized spacial score (nSPS) is 22.1. The fraction of sp³-hybridized carbons (Fsp3) is 0.429. The van der Waals surface area contributed by atoms with Crippen molar-refractivity contribution in [1.82, 2.24) is 24.7 Å². The highest BCUT2D eigenvalue weighted by Crippen LogP contribution is 2.40. The molecule has 0 radical (unpaired) electrons. The summed E-state index contributed by atoms with van der Waals surface area (Å²) in [6, 6.07) is 6.91. The number of aryl methyl sites for hydroxylation is 1. The van der Waals surface area contributed by atoms with Crippen LogP contribution in [0.3, 0.4) is 0 Å². The van der Waals surface area contributed by atoms with Crippen molar-refractivity contribution in [2.45, 2.75) is 31.0 Å². The maximum Gasteiger partial charge on any atom is 0.320 e. The van der Waals surface area contributed by atoms with Gasteiger partial charge in [-0.25, -0.2) is 19.0 Å². The summed E-state index contributed by atoms with van der Waals surface area (Å²) in [5, 5.41) is 7.96. The zero-order chi connectivity index (χ0) is 24.0. The molecule has 8 nitrogen and oxygen atoms in total. The Hall–Kier alpha value is -2.75. The molecule has 0 amide bonds. The van der Waals surface area contributed by atoms with Crippen LogP contribution in [0.25, 0.3) is 0 Å². The van der Waals surface area contributed by atoms with Crippen molar-refractivity contribution in [3.63, 3.8) is 0 Å². The molecule has 174 valence electrons. The minimum atomic E-state index is -0.493. The van der Waals surface area contributed by atoms with Gasteiger partial charge in [-0.05, 0) is 49.0 Å². The van der Waals surface area contributed by atoms with Crippen LogP contribution in [0.5, 0.6) is 11.8 Å². The average Bonchev–Trinajstić information content (AvgIpc) is 3.27. The maximum atomic E-state index is 13.6. The Morgan fingerprint density at radius 2 is 1.88 bits per heavy atom. The highest BCUT2D eigenvalue weighted by molar-refractivity contribution is 6.56. The zero-order valence-electron chi connectivity index (χ0n) is 19.8. The average molecular weight is 479 g/mol. The molecule has 3 atom stereocenters. The molecule has 1 aliphatic heterocycles. The van der Waals surface area contributed by atoms with E-state index in [4.69, 9.17) is 21.4 Å². The second-order valence-electron chi connectivity index (χ2n) is 10.2. The largest absolute Gasteiger partial charge is 0.424 e. The Labute approximate surface area is 205 Å². The van der Waals surface area contributed by atoms with Crippen LogP contribution in [-0.4, -0.2) is 67.4 Å². The van der Waals surface area contributed by atoms with Gasteiger partial charge in [-0.3, -0.25) is 0 Å². The summed E-state index contributed by atoms with van der Waals surface area (Å²) in [5.74, 6) is 2.38. The predicted octanol–water partition coefficient (Wildman–Crippen LogP) is 0.755. The van der Waals surface area contributed by atoms with Gasteiger partial charge in [0.15, 0.2) is 0 Å². The number of piperidine rings is 1. The van der Waals surface area contributed by atoms with Crippen LogP contribution in [0, 0.1) is 24.6 Å². The monoisotopic (exact) mass is 479 g/mol. The highest BCUT2D eigenvalue weighted by Gasteiger charge is 2.43. The lowest BCUT2D eigenvalue weighted by Gasteiger charge is -2.38. The fourth-order valence-corrected chi connectivity index (χ4v) is 5.09. The number of hydrogen-bond donors (Lipinski definition) is 1. The van der Waals surface area contributed by atoms with Gasteiger partial charge in [-0.2, -0.15) is 4.98 Å². The van der Waals surface area contributed by atoms with E-state index in [-0.39, 0.29) is 16.3 Å². The topological polar surface area (TPSA) is 81.0 Å². The van der Waals surface area contributed by atoms with Gasteiger partial charge in [0.25, 0.3) is 0 Å². The summed E-state index contributed by atoms with van der Waals surface area (Å²) in [6.45, 7) is 3.86. The smallest absolute Gasteiger partial charge is 0.320 e. The molecule has 1 aromatic carbocycles. The van der Waals surface area contributed by atoms with Gasteiger partial charge < -0.3 is 15.0 Å². The minimum Gasteiger partial charge on any atom is -0.424 e. The Kier molecular flexibility index (Phi) is 5.96. The Morgan fingerprint density at radius 1 is 1.15 bits per heavy atom. The molecule has 1 saturated heterocycles. The number of ether oxygens (including phenoxy) is 1. The van der Waals surface area contributed by atoms with E-state index in [1.165, 1.54) is 18.2 Å². The number of nitrogens with zero attached hydrogens (tertiary/aromatic N) is 6. The van der Waals surface area contributed by atoms with Gasteiger partial charge in [0.2, 0.25) is 5.95 Å². The van der Waals surface area contributed by atoms with E-state index in [1.807, 2.05) is 36.5 Å². The molecule has 13 heteroatoms. The summed E-state index contributed by atoms with van der Waals surface area (Å²) in [4.78, 5) is 15.7. The van der Waals surface area contributed by atoms with E-state index in [0.29, 0.717) is 29.5 Å². The van der Waals surface area contributed by atoms with E-state index >= 15 is 0 Å². The van der Waals surface area contributed by atoms with Gasteiger partial charge in [0.1, 0.15) is 47.3 Å². The lowest BCUT2D eigenvalue weighted by atomic mass is 9.49. The van der Waals surface area contributed by atoms with Gasteiger partial charge in [-0.15, -0.1) is 5.10 Å². The second-order valence-corrected chi connectivity index (χ2v) is 10.6. The first kappa shape index (κ1) is 23.0. The molecule has 1 aliphatic carbocycles. The fourth-order valence-electron chi connectivity index (χ4n) is 4.92. The molecular formula is C21H26B3ClFN7O. The first-order valence-electron chi connectivity index (χ1n) is 11.6. The van der Waals surface area contributed by atoms with Crippen molar-refractivity contribution >= 4 is 46.9 Å². The van der Waals surface area contributed by atoms with Crippen LogP contribution in [0.4, 0.5) is 16.2 Å². The standard InChI is InChI=1S/C21H26B3ClFN7O/c1-11-6-17(28-10-27-11)32-8-12-2-3-13(9-32)18(12)29-19-30-20(33(31-19)21(22,23)24)34-14-4-5-16(26)15(25)7-14/h4-7,10,12-13,18H,2-3,8-9,22-24H2,1H3,(H,29,31)/t12-,13+,18-. The summed E-state index contributed by atoms with van der Waals surface area (Å²) < 4.78 is 21.3. The molecule has 34 heavy (non-hydrogen) atoms. The van der Waals surface area contributed by atoms with Gasteiger partial charge >= 0.3 is 6.01 Å². The third-order valence-corrected chi connectivity index (χ3v) is 6.85. The highest BCUT2D eigenvalue weighted by atomic mass is 35.5. The van der Waals surface area contributed by atoms with Crippen LogP contribution in [-0.2, 0) is 5.24 Å². The van der Waals surface area contributed by atoms with Crippen LogP contribution < -0.4 is 15.0 Å². The predicted molar refractivity (Wildman–Crippen MR) is 138 cm³/mol. The van der Waals surface area contributed by atoms with E-state index < -0.39 is 5.82 Å². The number of hydrogen-bond acceptors (Lipinski definition) is 7. The third kappa shape index (κ3) is 4.60. The summed E-state index contributed by atoms with van der Waals surface area (Å²) in [7, 11) is 6.09. The van der Waals surface area contributed by atoms with Gasteiger partial charge in [0.05, 0.1) is 5.02 Å². The minimum absolute atomic E-state index is 0.000103. The molecule has 2 bridgehead atoms. The summed E-state index contributed by atoms with van der Waals surface area (Å²) >= 11 is 5.93. The second kappa shape index (κ2) is 8.80. The van der Waals surface area contributed by atoms with Gasteiger partial charge in [-0.1, -0.05) is 11.6 Å². The van der Waals surface area contributed by atoms with Crippen LogP contribution in [0.15, 0.2) is 30.6 Å². The number of aromatic nitrogens is 5. The Bertz CT molecular complexity index is 1190. The van der Waals surface area contributed by atoms with Crippen LogP contribution in [0.1, 0.15) is 18.5 Å². The lowest BCUT2D eigenvalue weighted by Crippen LogP contribution is -2.48. The first-order chi connectivity index (χ1) is 16.2. The van der Waals surface area contributed by atoms with Crippen molar-refractivity contribution < 1.29 is 9.13 Å². The van der Waals surface area contributed by atoms with Crippen molar-refractivity contribution in [1.29, 1.82) is 0 Å². The molecule has 2 aliphatic rings. The summed E-state index contributed by atoms with van der Waals surface area (Å²) in [5.41, 5.74) is 0.976. The number of nitrogens with one attached hydrogen (secondary N) is 1. The lowest BCUT2D eigenvalue weighted by molar-refractivity contribution is 0.374. The van der Waals surface area contributed by atoms with Crippen molar-refractivity contribution in [3.8, 4) is 11.8 Å². The SMILES string of the molecule is BC(B)(B)n1nc(N[C@@H]2[C@@H]3CC[C@H]2CN(c2cc(C)ncn2)C3)nc1Oc1ccc(F)c(Cl)c1. The molecular weight excluding hydrogens is 453 g/mol. The van der Waals surface area contributed by atoms with Crippen molar-refractivity contribution in [3.05, 3.63) is 47.1 Å². The molecule has 2 fully saturated rings. The molecule has 3 heterocycles. The molecule has 5 rings (SSSR count). The van der Waals surface area contributed by atoms with Crippen LogP contribution in [0.2, 0.25) is 5.02 Å². The molecule has 0 unspecified atom stereocenters. The number of benzene rings is 1. The maximum absolute atomic E-state index is 13.6. The molecule has 3 aromatic rings. The van der Waals surface area contributed by atoms with E-state index in [0.717, 1.165) is 37.4 Å². The Morgan fingerprint density at radius 3 is 2.53 bits per heavy atom. The van der Waals surface area contributed by atoms with E-state index in [9.17, 15) is 4.39 Å². The van der Waals surface area contributed by atoms with Crippen molar-refractivity contribution in [2.75, 3.05) is 23.3 Å². The number of anilines is 2. The van der Waals surface area contributed by atoms with E-state index in [1.54, 1.807) is 11.0 Å². The van der Waals surface area contributed by atoms with Crippen molar-refractivity contribution in [2.24, 2.45) is 11.8 Å². The molecule has 2 aromatic heterocycles. The van der Waals surface area contributed by atoms with Crippen LogP contribution >= 0.6 is 11.6 Å². The number of halogens is 2. The number of fused-ring (bicyclic) bond motifs is 2. The Balaban J connectivity index is 1.35. The van der Waals surface area contributed by atoms with E-state index in [2.05, 4.69) is 25.2 Å². The summed E-state index contributed by atoms with van der Waals surface area (Å²) in [6.07, 6.45) is 3.94. The zero-order valence-corrected chi connectivity index (χ0v) is 20.6. The number of rotatable bonds is 6. The third-order valence-electron chi connectivity index (χ3n) is 6.56. The molecule has 0 spiro atoms. The first-order valence-corrected chi connectivity index (χ1v) is 12.0.